The Morgan fingerprint density at radius 2 is 2.33 bits per heavy atom. The van der Waals surface area contributed by atoms with Gasteiger partial charge >= 0.3 is 0 Å². The molecule has 0 saturated carbocycles. The summed E-state index contributed by atoms with van der Waals surface area (Å²) in [5.41, 5.74) is 1.69. The molecule has 2 rings (SSSR count). The first-order valence-electron chi connectivity index (χ1n) is 7.85. The Bertz CT molecular complexity index is 256. The summed E-state index contributed by atoms with van der Waals surface area (Å²) in [6.07, 6.45) is 16.2. The smallest absolute Gasteiger partial charge is 0.0576 e. The molecule has 0 amide bonds. The van der Waals surface area contributed by atoms with Gasteiger partial charge in [0.25, 0.3) is 0 Å². The Kier molecular flexibility index (Phi) is 6.22. The molecule has 1 fully saturated rings. The van der Waals surface area contributed by atoms with Crippen LogP contribution in [0.4, 0.5) is 0 Å². The van der Waals surface area contributed by atoms with Gasteiger partial charge in [-0.05, 0) is 71.3 Å². The Labute approximate surface area is 112 Å². The van der Waals surface area contributed by atoms with Crippen LogP contribution in [0.5, 0.6) is 0 Å². The van der Waals surface area contributed by atoms with E-state index in [4.69, 9.17) is 4.74 Å². The average Bonchev–Trinajstić information content (AvgIpc) is 2.92. The fraction of sp³-hybridized carbons (Fsp3) is 0.875. The highest BCUT2D eigenvalue weighted by Crippen LogP contribution is 2.24. The van der Waals surface area contributed by atoms with Crippen molar-refractivity contribution in [2.24, 2.45) is 0 Å². The van der Waals surface area contributed by atoms with Crippen LogP contribution in [-0.4, -0.2) is 25.8 Å². The molecule has 0 bridgehead atoms. The quantitative estimate of drug-likeness (QED) is 0.695. The maximum Gasteiger partial charge on any atom is 0.0576 e. The zero-order chi connectivity index (χ0) is 12.6. The maximum absolute atomic E-state index is 5.69. The number of hydrogen-bond donors (Lipinski definition) is 1. The van der Waals surface area contributed by atoms with E-state index in [-0.39, 0.29) is 0 Å². The van der Waals surface area contributed by atoms with E-state index in [2.05, 4.69) is 18.4 Å². The van der Waals surface area contributed by atoms with E-state index in [1.54, 1.807) is 5.57 Å². The second-order valence-corrected chi connectivity index (χ2v) is 5.86. The van der Waals surface area contributed by atoms with Crippen molar-refractivity contribution in [1.82, 2.24) is 5.32 Å². The first-order chi connectivity index (χ1) is 8.88. The zero-order valence-corrected chi connectivity index (χ0v) is 11.9. The lowest BCUT2D eigenvalue weighted by Gasteiger charge is -2.21. The molecule has 1 saturated heterocycles. The minimum absolute atomic E-state index is 0.566. The normalized spacial score (nSPS) is 26.1. The van der Waals surface area contributed by atoms with Crippen LogP contribution in [0.15, 0.2) is 11.6 Å². The van der Waals surface area contributed by atoms with Gasteiger partial charge < -0.3 is 10.1 Å². The van der Waals surface area contributed by atoms with Crippen LogP contribution < -0.4 is 5.32 Å². The second-order valence-electron chi connectivity index (χ2n) is 5.86. The standard InChI is InChI=1S/C16H29NO/c1-17-15(13-14-7-3-2-4-8-14)9-5-10-16-11-6-12-18-16/h7,15-17H,2-6,8-13H2,1H3. The van der Waals surface area contributed by atoms with E-state index >= 15 is 0 Å². The Morgan fingerprint density at radius 3 is 3.00 bits per heavy atom. The summed E-state index contributed by atoms with van der Waals surface area (Å²) in [5.74, 6) is 0. The molecular weight excluding hydrogens is 222 g/mol. The SMILES string of the molecule is CNC(CCCC1CCCO1)CC1=CCCCC1. The van der Waals surface area contributed by atoms with Gasteiger partial charge in [0.15, 0.2) is 0 Å². The van der Waals surface area contributed by atoms with Crippen molar-refractivity contribution in [3.63, 3.8) is 0 Å². The fourth-order valence-corrected chi connectivity index (χ4v) is 3.22. The second kappa shape index (κ2) is 7.96. The summed E-state index contributed by atoms with van der Waals surface area (Å²) in [5, 5.41) is 3.49. The van der Waals surface area contributed by atoms with E-state index in [0.717, 1.165) is 6.61 Å². The van der Waals surface area contributed by atoms with Crippen molar-refractivity contribution >= 4 is 0 Å². The van der Waals surface area contributed by atoms with Crippen LogP contribution >= 0.6 is 0 Å². The van der Waals surface area contributed by atoms with Gasteiger partial charge in [-0.25, -0.2) is 0 Å². The first-order valence-corrected chi connectivity index (χ1v) is 7.85. The lowest BCUT2D eigenvalue weighted by molar-refractivity contribution is 0.101. The maximum atomic E-state index is 5.69. The fourth-order valence-electron chi connectivity index (χ4n) is 3.22. The van der Waals surface area contributed by atoms with Crippen LogP contribution in [0.3, 0.4) is 0 Å². The summed E-state index contributed by atoms with van der Waals surface area (Å²) in [6, 6.07) is 0.677. The van der Waals surface area contributed by atoms with Gasteiger partial charge in [-0.2, -0.15) is 0 Å². The van der Waals surface area contributed by atoms with E-state index in [1.165, 1.54) is 64.2 Å². The molecule has 0 radical (unpaired) electrons. The van der Waals surface area contributed by atoms with Gasteiger partial charge in [0.2, 0.25) is 0 Å². The number of rotatable bonds is 7. The predicted molar refractivity (Wildman–Crippen MR) is 76.8 cm³/mol. The van der Waals surface area contributed by atoms with Crippen LogP contribution in [0.25, 0.3) is 0 Å². The third-order valence-corrected chi connectivity index (χ3v) is 4.40. The monoisotopic (exact) mass is 251 g/mol. The summed E-state index contributed by atoms with van der Waals surface area (Å²) in [6.45, 7) is 0.993. The number of nitrogens with one attached hydrogen (secondary N) is 1. The summed E-state index contributed by atoms with van der Waals surface area (Å²) >= 11 is 0. The van der Waals surface area contributed by atoms with E-state index in [1.807, 2.05) is 0 Å². The van der Waals surface area contributed by atoms with Crippen LogP contribution in [0, 0.1) is 0 Å². The summed E-state index contributed by atoms with van der Waals surface area (Å²) in [4.78, 5) is 0. The number of allylic oxidation sites excluding steroid dienone is 1. The molecule has 1 N–H and O–H groups in total. The third kappa shape index (κ3) is 4.74. The highest BCUT2D eigenvalue weighted by Gasteiger charge is 2.16. The minimum atomic E-state index is 0.566. The molecule has 0 aromatic rings. The summed E-state index contributed by atoms with van der Waals surface area (Å²) in [7, 11) is 2.11. The topological polar surface area (TPSA) is 21.3 Å². The van der Waals surface area contributed by atoms with Crippen LogP contribution in [0.2, 0.25) is 0 Å². The molecule has 18 heavy (non-hydrogen) atoms. The van der Waals surface area contributed by atoms with Crippen molar-refractivity contribution < 1.29 is 4.74 Å². The number of hydrogen-bond acceptors (Lipinski definition) is 2. The first kappa shape index (κ1) is 14.1. The molecular formula is C16H29NO. The molecule has 0 spiro atoms. The van der Waals surface area contributed by atoms with Gasteiger partial charge in [0.1, 0.15) is 0 Å². The van der Waals surface area contributed by atoms with E-state index in [9.17, 15) is 0 Å². The average molecular weight is 251 g/mol. The highest BCUT2D eigenvalue weighted by atomic mass is 16.5. The van der Waals surface area contributed by atoms with Gasteiger partial charge in [-0.3, -0.25) is 0 Å². The molecule has 0 aromatic carbocycles. The molecule has 1 heterocycles. The molecule has 2 heteroatoms. The summed E-state index contributed by atoms with van der Waals surface area (Å²) < 4.78 is 5.69. The van der Waals surface area contributed by atoms with E-state index < -0.39 is 0 Å². The van der Waals surface area contributed by atoms with Gasteiger partial charge in [0, 0.05) is 12.6 Å². The molecule has 2 nitrogen and oxygen atoms in total. The Balaban J connectivity index is 1.63. The van der Waals surface area contributed by atoms with E-state index in [0.29, 0.717) is 12.1 Å². The molecule has 1 aliphatic heterocycles. The third-order valence-electron chi connectivity index (χ3n) is 4.40. The molecule has 104 valence electrons. The predicted octanol–water partition coefficient (Wildman–Crippen LogP) is 3.81. The van der Waals surface area contributed by atoms with Gasteiger partial charge in [-0.15, -0.1) is 0 Å². The molecule has 2 aliphatic rings. The van der Waals surface area contributed by atoms with Crippen molar-refractivity contribution in [3.8, 4) is 0 Å². The Morgan fingerprint density at radius 1 is 1.39 bits per heavy atom. The lowest BCUT2D eigenvalue weighted by Crippen LogP contribution is -2.26. The van der Waals surface area contributed by atoms with Crippen molar-refractivity contribution in [1.29, 1.82) is 0 Å². The van der Waals surface area contributed by atoms with Crippen LogP contribution in [-0.2, 0) is 4.74 Å². The van der Waals surface area contributed by atoms with Crippen molar-refractivity contribution in [2.45, 2.75) is 76.4 Å². The van der Waals surface area contributed by atoms with Gasteiger partial charge in [-0.1, -0.05) is 11.6 Å². The molecule has 1 aliphatic carbocycles. The highest BCUT2D eigenvalue weighted by molar-refractivity contribution is 5.06. The zero-order valence-electron chi connectivity index (χ0n) is 11.9. The molecule has 2 atom stereocenters. The van der Waals surface area contributed by atoms with Crippen molar-refractivity contribution in [3.05, 3.63) is 11.6 Å². The minimum Gasteiger partial charge on any atom is -0.378 e. The lowest BCUT2D eigenvalue weighted by atomic mass is 9.92. The Hall–Kier alpha value is -0.340. The molecule has 2 unspecified atom stereocenters. The van der Waals surface area contributed by atoms with Gasteiger partial charge in [0.05, 0.1) is 6.10 Å². The van der Waals surface area contributed by atoms with Crippen molar-refractivity contribution in [2.75, 3.05) is 13.7 Å². The number of ether oxygens (including phenoxy) is 1. The molecule has 0 aromatic heterocycles. The van der Waals surface area contributed by atoms with Crippen LogP contribution in [0.1, 0.15) is 64.2 Å². The largest absolute Gasteiger partial charge is 0.378 e.